The summed E-state index contributed by atoms with van der Waals surface area (Å²) >= 11 is 0. The van der Waals surface area contributed by atoms with E-state index in [4.69, 9.17) is 14.9 Å². The van der Waals surface area contributed by atoms with Crippen LogP contribution in [0.15, 0.2) is 71.1 Å². The van der Waals surface area contributed by atoms with Gasteiger partial charge in [-0.25, -0.2) is 23.1 Å². The zero-order valence-electron chi connectivity index (χ0n) is 23.5. The van der Waals surface area contributed by atoms with Gasteiger partial charge in [-0.1, -0.05) is 30.3 Å². The van der Waals surface area contributed by atoms with Crippen LogP contribution < -0.4 is 15.8 Å². The molecule has 2 atom stereocenters. The minimum absolute atomic E-state index is 0.0740. The maximum Gasteiger partial charge on any atom is 0.251 e. The van der Waals surface area contributed by atoms with E-state index >= 15 is 4.39 Å². The first-order valence-electron chi connectivity index (χ1n) is 13.5. The molecule has 3 heterocycles. The number of nitrogens with two attached hydrogens (primary N) is 1. The van der Waals surface area contributed by atoms with E-state index in [1.54, 1.807) is 49.4 Å². The van der Waals surface area contributed by atoms with Crippen molar-refractivity contribution in [2.75, 3.05) is 13.2 Å². The molecule has 0 saturated heterocycles. The number of hydrogen-bond donors (Lipinski definition) is 3. The molecule has 12 heteroatoms. The Bertz CT molecular complexity index is 1970. The number of amides is 2. The fraction of sp³-hybridized carbons (Fsp3) is 0.188. The molecule has 2 aromatic heterocycles. The highest BCUT2D eigenvalue weighted by Gasteiger charge is 2.46. The van der Waals surface area contributed by atoms with Crippen LogP contribution in [-0.4, -0.2) is 40.0 Å². The van der Waals surface area contributed by atoms with E-state index in [9.17, 15) is 23.5 Å². The van der Waals surface area contributed by atoms with Gasteiger partial charge in [-0.3, -0.25) is 9.59 Å². The third kappa shape index (κ3) is 4.73. The summed E-state index contributed by atoms with van der Waals surface area (Å²) in [5, 5.41) is 15.0. The number of fused-ring (bicyclic) bond motifs is 2. The van der Waals surface area contributed by atoms with E-state index in [-0.39, 0.29) is 40.4 Å². The second kappa shape index (κ2) is 10.5. The number of rotatable bonds is 7. The van der Waals surface area contributed by atoms with Gasteiger partial charge in [-0.05, 0) is 42.8 Å². The molecule has 0 unspecified atom stereocenters. The molecule has 1 aliphatic heterocycles. The number of carbonyl (C=O) groups excluding carboxylic acids is 2. The van der Waals surface area contributed by atoms with Crippen molar-refractivity contribution in [2.24, 2.45) is 5.73 Å². The smallest absolute Gasteiger partial charge is 0.251 e. The van der Waals surface area contributed by atoms with Crippen LogP contribution in [0.3, 0.4) is 0 Å². The van der Waals surface area contributed by atoms with Gasteiger partial charge >= 0.3 is 0 Å². The Hall–Kier alpha value is -5.23. The van der Waals surface area contributed by atoms with Crippen molar-refractivity contribution < 1.29 is 37.0 Å². The van der Waals surface area contributed by atoms with E-state index in [1.165, 1.54) is 19.1 Å². The molecule has 224 valence electrons. The zero-order chi connectivity index (χ0) is 31.4. The van der Waals surface area contributed by atoms with Crippen LogP contribution in [0, 0.1) is 24.4 Å². The van der Waals surface area contributed by atoms with Crippen molar-refractivity contribution in [2.45, 2.75) is 24.9 Å². The van der Waals surface area contributed by atoms with Crippen molar-refractivity contribution in [3.05, 3.63) is 112 Å². The van der Waals surface area contributed by atoms with Crippen LogP contribution in [0.5, 0.6) is 5.75 Å². The molecule has 44 heavy (non-hydrogen) atoms. The molecule has 0 fully saturated rings. The van der Waals surface area contributed by atoms with Crippen molar-refractivity contribution in [3.8, 4) is 17.0 Å². The van der Waals surface area contributed by atoms with Crippen molar-refractivity contribution in [1.29, 1.82) is 0 Å². The van der Waals surface area contributed by atoms with Gasteiger partial charge in [-0.2, -0.15) is 0 Å². The van der Waals surface area contributed by atoms with Gasteiger partial charge in [0, 0.05) is 29.7 Å². The molecule has 1 aliphatic rings. The van der Waals surface area contributed by atoms with Crippen molar-refractivity contribution in [3.63, 3.8) is 0 Å². The topological polar surface area (TPSA) is 141 Å². The van der Waals surface area contributed by atoms with Gasteiger partial charge in [0.05, 0.1) is 12.2 Å². The van der Waals surface area contributed by atoms with E-state index in [0.717, 1.165) is 0 Å². The third-order valence-corrected chi connectivity index (χ3v) is 7.82. The Kier molecular flexibility index (Phi) is 6.88. The van der Waals surface area contributed by atoms with Gasteiger partial charge in [0.2, 0.25) is 5.91 Å². The summed E-state index contributed by atoms with van der Waals surface area (Å²) in [5.74, 6) is -4.89. The predicted molar refractivity (Wildman–Crippen MR) is 152 cm³/mol. The summed E-state index contributed by atoms with van der Waals surface area (Å²) in [5.41, 5.74) is 2.95. The van der Waals surface area contributed by atoms with Crippen LogP contribution in [0.4, 0.5) is 13.2 Å². The highest BCUT2D eigenvalue weighted by atomic mass is 19.2. The number of aromatic nitrogens is 2. The molecular weight excluding hydrogens is 577 g/mol. The molecular formula is C32H25F3N4O5. The highest BCUT2D eigenvalue weighted by molar-refractivity contribution is 5.97. The van der Waals surface area contributed by atoms with Crippen molar-refractivity contribution in [1.82, 2.24) is 15.3 Å². The van der Waals surface area contributed by atoms with Crippen LogP contribution >= 0.6 is 0 Å². The lowest BCUT2D eigenvalue weighted by Crippen LogP contribution is -2.43. The Balaban J connectivity index is 1.50. The van der Waals surface area contributed by atoms with Gasteiger partial charge in [0.1, 0.15) is 40.4 Å². The SMILES string of the molecule is Cc1nc2ccc(C(=O)NC[C@@](O)(c3ccccc3)c3cc4c(c(-c5cc(F)c(F)cc5F)n3)OC[C@]4(C)C(N)=O)cc2o1. The number of aliphatic hydroxyl groups is 1. The minimum atomic E-state index is -2.08. The molecule has 9 nitrogen and oxygen atoms in total. The number of nitrogens with one attached hydrogen (secondary N) is 1. The van der Waals surface area contributed by atoms with E-state index in [1.807, 2.05) is 0 Å². The number of carbonyl (C=O) groups is 2. The fourth-order valence-electron chi connectivity index (χ4n) is 5.23. The first kappa shape index (κ1) is 28.9. The van der Waals surface area contributed by atoms with Crippen LogP contribution in [-0.2, 0) is 15.8 Å². The van der Waals surface area contributed by atoms with E-state index in [2.05, 4.69) is 15.3 Å². The minimum Gasteiger partial charge on any atom is -0.489 e. The van der Waals surface area contributed by atoms with E-state index < -0.39 is 52.4 Å². The molecule has 0 bridgehead atoms. The van der Waals surface area contributed by atoms with Crippen LogP contribution in [0.1, 0.15) is 40.0 Å². The molecule has 0 saturated carbocycles. The summed E-state index contributed by atoms with van der Waals surface area (Å²) in [4.78, 5) is 34.6. The quantitative estimate of drug-likeness (QED) is 0.234. The number of primary amides is 1. The summed E-state index contributed by atoms with van der Waals surface area (Å²) < 4.78 is 54.6. The number of oxazole rings is 1. The second-order valence-electron chi connectivity index (χ2n) is 10.8. The van der Waals surface area contributed by atoms with Crippen LogP contribution in [0.2, 0.25) is 0 Å². The summed E-state index contributed by atoms with van der Waals surface area (Å²) in [6.07, 6.45) is 0. The molecule has 3 aromatic carbocycles. The van der Waals surface area contributed by atoms with Gasteiger partial charge in [0.25, 0.3) is 5.91 Å². The number of nitrogens with zero attached hydrogens (tertiary/aromatic N) is 2. The monoisotopic (exact) mass is 602 g/mol. The van der Waals surface area contributed by atoms with Crippen molar-refractivity contribution >= 4 is 22.9 Å². The molecule has 5 aromatic rings. The largest absolute Gasteiger partial charge is 0.489 e. The maximum atomic E-state index is 15.1. The summed E-state index contributed by atoms with van der Waals surface area (Å²) in [6.45, 7) is 2.49. The molecule has 0 radical (unpaired) electrons. The average Bonchev–Trinajstić information content (AvgIpc) is 3.56. The number of pyridine rings is 1. The number of ether oxygens (including phenoxy) is 1. The lowest BCUT2D eigenvalue weighted by Gasteiger charge is -2.30. The molecule has 0 aliphatic carbocycles. The first-order valence-corrected chi connectivity index (χ1v) is 13.5. The maximum absolute atomic E-state index is 15.1. The Morgan fingerprint density at radius 1 is 1.02 bits per heavy atom. The first-order chi connectivity index (χ1) is 20.9. The van der Waals surface area contributed by atoms with Gasteiger partial charge in [-0.15, -0.1) is 0 Å². The molecule has 0 spiro atoms. The standard InChI is InChI=1S/C32H25F3N4O5/c1-16-38-24-9-8-17(10-25(24)44-16)29(40)37-14-32(42,18-6-4-3-5-7-18)26-12-20-28(43-15-31(20,2)30(36)41)27(39-26)19-11-22(34)23(35)13-21(19)33/h3-13,42H,14-15H2,1-2H3,(H2,36,41)(H,37,40)/t31-,32+/m0/s1. The molecule has 4 N–H and O–H groups in total. The van der Waals surface area contributed by atoms with Gasteiger partial charge in [0.15, 0.2) is 23.1 Å². The number of halogens is 3. The number of hydrogen-bond acceptors (Lipinski definition) is 7. The van der Waals surface area contributed by atoms with Crippen LogP contribution in [0.25, 0.3) is 22.4 Å². The number of aryl methyl sites for hydroxylation is 1. The summed E-state index contributed by atoms with van der Waals surface area (Å²) in [7, 11) is 0. The third-order valence-electron chi connectivity index (χ3n) is 7.82. The predicted octanol–water partition coefficient (Wildman–Crippen LogP) is 4.42. The Labute approximate surface area is 248 Å². The highest BCUT2D eigenvalue weighted by Crippen LogP contribution is 2.46. The van der Waals surface area contributed by atoms with Gasteiger partial charge < -0.3 is 25.3 Å². The zero-order valence-corrected chi connectivity index (χ0v) is 23.5. The van der Waals surface area contributed by atoms with E-state index in [0.29, 0.717) is 29.1 Å². The summed E-state index contributed by atoms with van der Waals surface area (Å²) in [6, 6.07) is 15.3. The lowest BCUT2D eigenvalue weighted by molar-refractivity contribution is -0.123. The average molecular weight is 603 g/mol. The Morgan fingerprint density at radius 2 is 1.75 bits per heavy atom. The lowest BCUT2D eigenvalue weighted by atomic mass is 9.80. The molecule has 6 rings (SSSR count). The normalized spacial score (nSPS) is 17.1. The number of benzene rings is 3. The fourth-order valence-corrected chi connectivity index (χ4v) is 5.23. The molecule has 2 amide bonds. The second-order valence-corrected chi connectivity index (χ2v) is 10.8. The Morgan fingerprint density at radius 3 is 2.48 bits per heavy atom.